The molecule has 1 saturated carbocycles. The number of nitrogen functional groups attached to an aromatic ring is 1. The predicted octanol–water partition coefficient (Wildman–Crippen LogP) is 3.83. The Kier molecular flexibility index (Phi) is 3.77. The van der Waals surface area contributed by atoms with Gasteiger partial charge in [0.05, 0.1) is 23.1 Å². The summed E-state index contributed by atoms with van der Waals surface area (Å²) in [5, 5.41) is 1.16. The second-order valence-corrected chi connectivity index (χ2v) is 5.96. The van der Waals surface area contributed by atoms with Crippen molar-refractivity contribution in [3.05, 3.63) is 30.5 Å². The highest BCUT2D eigenvalue weighted by Gasteiger charge is 2.18. The first-order chi connectivity index (χ1) is 9.75. The SMILES string of the molecule is CN(CC1CCCCC1)c1c(N)cnc2ccccc12. The van der Waals surface area contributed by atoms with Gasteiger partial charge in [-0.15, -0.1) is 0 Å². The molecule has 0 spiro atoms. The minimum absolute atomic E-state index is 0.780. The molecular weight excluding hydrogens is 246 g/mol. The molecule has 106 valence electrons. The van der Waals surface area contributed by atoms with Gasteiger partial charge in [0.15, 0.2) is 0 Å². The standard InChI is InChI=1S/C17H23N3/c1-20(12-13-7-3-2-4-8-13)17-14-9-5-6-10-16(14)19-11-15(17)18/h5-6,9-11,13H,2-4,7-8,12,18H2,1H3. The van der Waals surface area contributed by atoms with Crippen molar-refractivity contribution in [3.63, 3.8) is 0 Å². The number of para-hydroxylation sites is 1. The lowest BCUT2D eigenvalue weighted by molar-refractivity contribution is 0.362. The fourth-order valence-corrected chi connectivity index (χ4v) is 3.42. The minimum Gasteiger partial charge on any atom is -0.396 e. The van der Waals surface area contributed by atoms with E-state index in [4.69, 9.17) is 5.73 Å². The van der Waals surface area contributed by atoms with Crippen LogP contribution < -0.4 is 10.6 Å². The van der Waals surface area contributed by atoms with E-state index in [1.165, 1.54) is 32.1 Å². The molecule has 1 aliphatic rings. The van der Waals surface area contributed by atoms with E-state index in [-0.39, 0.29) is 0 Å². The fourth-order valence-electron chi connectivity index (χ4n) is 3.42. The molecule has 3 rings (SSSR count). The van der Waals surface area contributed by atoms with Gasteiger partial charge < -0.3 is 10.6 Å². The highest BCUT2D eigenvalue weighted by molar-refractivity contribution is 5.97. The van der Waals surface area contributed by atoms with Gasteiger partial charge in [0, 0.05) is 19.0 Å². The third-order valence-electron chi connectivity index (χ3n) is 4.41. The molecule has 3 nitrogen and oxygen atoms in total. The van der Waals surface area contributed by atoms with Crippen LogP contribution in [0.15, 0.2) is 30.5 Å². The molecule has 0 amide bonds. The van der Waals surface area contributed by atoms with Crippen molar-refractivity contribution in [1.29, 1.82) is 0 Å². The molecule has 1 heterocycles. The van der Waals surface area contributed by atoms with Crippen molar-refractivity contribution in [2.24, 2.45) is 5.92 Å². The number of pyridine rings is 1. The number of benzene rings is 1. The van der Waals surface area contributed by atoms with Gasteiger partial charge in [0.2, 0.25) is 0 Å². The van der Waals surface area contributed by atoms with Crippen molar-refractivity contribution in [2.75, 3.05) is 24.2 Å². The summed E-state index contributed by atoms with van der Waals surface area (Å²) in [5.74, 6) is 0.806. The predicted molar refractivity (Wildman–Crippen MR) is 86.0 cm³/mol. The highest BCUT2D eigenvalue weighted by atomic mass is 15.1. The molecule has 0 atom stereocenters. The van der Waals surface area contributed by atoms with Gasteiger partial charge >= 0.3 is 0 Å². The van der Waals surface area contributed by atoms with E-state index < -0.39 is 0 Å². The second kappa shape index (κ2) is 5.70. The Bertz CT molecular complexity index is 588. The van der Waals surface area contributed by atoms with E-state index in [0.717, 1.165) is 34.7 Å². The van der Waals surface area contributed by atoms with Crippen LogP contribution in [-0.2, 0) is 0 Å². The lowest BCUT2D eigenvalue weighted by atomic mass is 9.89. The monoisotopic (exact) mass is 269 g/mol. The van der Waals surface area contributed by atoms with E-state index in [1.54, 1.807) is 6.20 Å². The first kappa shape index (κ1) is 13.2. The Hall–Kier alpha value is -1.77. The molecule has 1 aromatic carbocycles. The number of hydrogen-bond acceptors (Lipinski definition) is 3. The van der Waals surface area contributed by atoms with E-state index in [0.29, 0.717) is 0 Å². The number of anilines is 2. The summed E-state index contributed by atoms with van der Waals surface area (Å²) in [5.41, 5.74) is 9.13. The molecule has 0 aliphatic heterocycles. The molecular formula is C17H23N3. The molecule has 0 saturated heterocycles. The molecule has 20 heavy (non-hydrogen) atoms. The fraction of sp³-hybridized carbons (Fsp3) is 0.471. The number of hydrogen-bond donors (Lipinski definition) is 1. The molecule has 1 fully saturated rings. The van der Waals surface area contributed by atoms with Gasteiger partial charge in [-0.2, -0.15) is 0 Å². The lowest BCUT2D eigenvalue weighted by Crippen LogP contribution is -2.27. The minimum atomic E-state index is 0.780. The second-order valence-electron chi connectivity index (χ2n) is 5.96. The summed E-state index contributed by atoms with van der Waals surface area (Å²) in [4.78, 5) is 6.75. The summed E-state index contributed by atoms with van der Waals surface area (Å²) in [6, 6.07) is 8.25. The molecule has 2 aromatic rings. The zero-order chi connectivity index (χ0) is 13.9. The van der Waals surface area contributed by atoms with Gasteiger partial charge in [-0.25, -0.2) is 0 Å². The van der Waals surface area contributed by atoms with Gasteiger partial charge in [-0.05, 0) is 24.8 Å². The molecule has 0 bridgehead atoms. The summed E-state index contributed by atoms with van der Waals surface area (Å²) >= 11 is 0. The first-order valence-electron chi connectivity index (χ1n) is 7.60. The van der Waals surface area contributed by atoms with E-state index in [2.05, 4.69) is 29.1 Å². The van der Waals surface area contributed by atoms with Crippen LogP contribution in [0.1, 0.15) is 32.1 Å². The van der Waals surface area contributed by atoms with E-state index in [1.807, 2.05) is 12.1 Å². The van der Waals surface area contributed by atoms with Crippen LogP contribution in [0.25, 0.3) is 10.9 Å². The third-order valence-corrected chi connectivity index (χ3v) is 4.41. The smallest absolute Gasteiger partial charge is 0.0745 e. The van der Waals surface area contributed by atoms with Gasteiger partial charge in [-0.1, -0.05) is 37.5 Å². The maximum atomic E-state index is 6.19. The van der Waals surface area contributed by atoms with Crippen LogP contribution in [0.4, 0.5) is 11.4 Å². The Morgan fingerprint density at radius 3 is 2.75 bits per heavy atom. The normalized spacial score (nSPS) is 16.4. The average Bonchev–Trinajstić information content (AvgIpc) is 2.48. The van der Waals surface area contributed by atoms with Crippen molar-refractivity contribution in [2.45, 2.75) is 32.1 Å². The quantitative estimate of drug-likeness (QED) is 0.920. The van der Waals surface area contributed by atoms with Crippen molar-refractivity contribution in [3.8, 4) is 0 Å². The van der Waals surface area contributed by atoms with Gasteiger partial charge in [0.1, 0.15) is 0 Å². The number of fused-ring (bicyclic) bond motifs is 1. The summed E-state index contributed by atoms with van der Waals surface area (Å²) in [6.07, 6.45) is 8.66. The van der Waals surface area contributed by atoms with Gasteiger partial charge in [0.25, 0.3) is 0 Å². The Balaban J connectivity index is 1.89. The van der Waals surface area contributed by atoms with Crippen molar-refractivity contribution in [1.82, 2.24) is 4.98 Å². The zero-order valence-corrected chi connectivity index (χ0v) is 12.2. The van der Waals surface area contributed by atoms with Crippen LogP contribution in [0.5, 0.6) is 0 Å². The molecule has 0 unspecified atom stereocenters. The molecule has 0 radical (unpaired) electrons. The number of nitrogens with zero attached hydrogens (tertiary/aromatic N) is 2. The van der Waals surface area contributed by atoms with E-state index >= 15 is 0 Å². The maximum absolute atomic E-state index is 6.19. The third kappa shape index (κ3) is 2.58. The summed E-state index contributed by atoms with van der Waals surface area (Å²) < 4.78 is 0. The van der Waals surface area contributed by atoms with Crippen LogP contribution in [0.2, 0.25) is 0 Å². The molecule has 3 heteroatoms. The first-order valence-corrected chi connectivity index (χ1v) is 7.60. The molecule has 1 aromatic heterocycles. The summed E-state index contributed by atoms with van der Waals surface area (Å²) in [7, 11) is 2.16. The number of aromatic nitrogens is 1. The Morgan fingerprint density at radius 1 is 1.20 bits per heavy atom. The number of nitrogens with two attached hydrogens (primary N) is 1. The van der Waals surface area contributed by atoms with Crippen molar-refractivity contribution >= 4 is 22.3 Å². The van der Waals surface area contributed by atoms with Crippen LogP contribution in [0.3, 0.4) is 0 Å². The van der Waals surface area contributed by atoms with Crippen molar-refractivity contribution < 1.29 is 0 Å². The molecule has 2 N–H and O–H groups in total. The maximum Gasteiger partial charge on any atom is 0.0745 e. The zero-order valence-electron chi connectivity index (χ0n) is 12.2. The number of rotatable bonds is 3. The van der Waals surface area contributed by atoms with Crippen LogP contribution >= 0.6 is 0 Å². The van der Waals surface area contributed by atoms with Gasteiger partial charge in [-0.3, -0.25) is 4.98 Å². The molecule has 1 aliphatic carbocycles. The Morgan fingerprint density at radius 2 is 1.95 bits per heavy atom. The average molecular weight is 269 g/mol. The largest absolute Gasteiger partial charge is 0.396 e. The van der Waals surface area contributed by atoms with Crippen LogP contribution in [-0.4, -0.2) is 18.6 Å². The van der Waals surface area contributed by atoms with Crippen LogP contribution in [0, 0.1) is 5.92 Å². The lowest BCUT2D eigenvalue weighted by Gasteiger charge is -2.29. The highest BCUT2D eigenvalue weighted by Crippen LogP contribution is 2.32. The Labute approximate surface area is 120 Å². The van der Waals surface area contributed by atoms with E-state index in [9.17, 15) is 0 Å². The summed E-state index contributed by atoms with van der Waals surface area (Å²) in [6.45, 7) is 1.10. The topological polar surface area (TPSA) is 42.1 Å².